The number of ether oxygens (including phenoxy) is 1. The van der Waals surface area contributed by atoms with Gasteiger partial charge in [0, 0.05) is 6.04 Å². The molecule has 1 fully saturated rings. The van der Waals surface area contributed by atoms with Crippen LogP contribution in [-0.4, -0.2) is 13.7 Å². The Kier molecular flexibility index (Phi) is 5.71. The number of hydrogen-bond acceptors (Lipinski definition) is 2. The number of benzene rings is 1. The van der Waals surface area contributed by atoms with Gasteiger partial charge in [0.15, 0.2) is 0 Å². The van der Waals surface area contributed by atoms with Crippen LogP contribution >= 0.6 is 0 Å². The fraction of sp³-hybridized carbons (Fsp3) is 0.647. The molecule has 1 aliphatic carbocycles. The van der Waals surface area contributed by atoms with Gasteiger partial charge in [0.25, 0.3) is 0 Å². The SMILES string of the molecule is COc1ccc(C(C)NCCCC2CCCC2)cc1. The second kappa shape index (κ2) is 7.54. The summed E-state index contributed by atoms with van der Waals surface area (Å²) in [6.07, 6.45) is 8.57. The number of hydrogen-bond donors (Lipinski definition) is 1. The van der Waals surface area contributed by atoms with Crippen LogP contribution in [0.4, 0.5) is 0 Å². The lowest BCUT2D eigenvalue weighted by molar-refractivity contribution is 0.414. The lowest BCUT2D eigenvalue weighted by Crippen LogP contribution is -2.20. The fourth-order valence-corrected chi connectivity index (χ4v) is 3.02. The molecule has 1 aromatic carbocycles. The molecule has 0 radical (unpaired) electrons. The molecule has 0 aliphatic heterocycles. The zero-order chi connectivity index (χ0) is 13.5. The first-order valence-electron chi connectivity index (χ1n) is 7.67. The molecule has 0 aromatic heterocycles. The van der Waals surface area contributed by atoms with Crippen LogP contribution in [0.15, 0.2) is 24.3 Å². The predicted molar refractivity (Wildman–Crippen MR) is 80.6 cm³/mol. The summed E-state index contributed by atoms with van der Waals surface area (Å²) in [5.41, 5.74) is 1.33. The second-order valence-electron chi connectivity index (χ2n) is 5.74. The van der Waals surface area contributed by atoms with E-state index in [9.17, 15) is 0 Å². The number of methoxy groups -OCH3 is 1. The quantitative estimate of drug-likeness (QED) is 0.738. The molecule has 0 heterocycles. The zero-order valence-electron chi connectivity index (χ0n) is 12.3. The van der Waals surface area contributed by atoms with Crippen molar-refractivity contribution < 1.29 is 4.74 Å². The van der Waals surface area contributed by atoms with Crippen LogP contribution in [0, 0.1) is 5.92 Å². The van der Waals surface area contributed by atoms with E-state index in [-0.39, 0.29) is 0 Å². The van der Waals surface area contributed by atoms with Gasteiger partial charge in [-0.15, -0.1) is 0 Å². The number of nitrogens with one attached hydrogen (secondary N) is 1. The van der Waals surface area contributed by atoms with E-state index in [1.54, 1.807) is 7.11 Å². The van der Waals surface area contributed by atoms with Crippen molar-refractivity contribution in [3.05, 3.63) is 29.8 Å². The molecule has 0 saturated heterocycles. The minimum Gasteiger partial charge on any atom is -0.497 e. The lowest BCUT2D eigenvalue weighted by Gasteiger charge is -2.15. The Morgan fingerprint density at radius 3 is 2.53 bits per heavy atom. The van der Waals surface area contributed by atoms with E-state index in [0.717, 1.165) is 18.2 Å². The maximum atomic E-state index is 5.18. The summed E-state index contributed by atoms with van der Waals surface area (Å²) in [4.78, 5) is 0. The predicted octanol–water partition coefficient (Wildman–Crippen LogP) is 4.32. The maximum Gasteiger partial charge on any atom is 0.118 e. The first kappa shape index (κ1) is 14.4. The smallest absolute Gasteiger partial charge is 0.118 e. The first-order chi connectivity index (χ1) is 9.29. The van der Waals surface area contributed by atoms with Gasteiger partial charge in [-0.05, 0) is 49.9 Å². The topological polar surface area (TPSA) is 21.3 Å². The Morgan fingerprint density at radius 1 is 1.21 bits per heavy atom. The molecule has 2 rings (SSSR count). The first-order valence-corrected chi connectivity index (χ1v) is 7.67. The van der Waals surface area contributed by atoms with Gasteiger partial charge in [0.1, 0.15) is 5.75 Å². The minimum atomic E-state index is 0.425. The van der Waals surface area contributed by atoms with Crippen molar-refractivity contribution in [3.8, 4) is 5.75 Å². The average molecular weight is 261 g/mol. The second-order valence-corrected chi connectivity index (χ2v) is 5.74. The zero-order valence-corrected chi connectivity index (χ0v) is 12.3. The van der Waals surface area contributed by atoms with E-state index in [1.165, 1.54) is 44.1 Å². The van der Waals surface area contributed by atoms with Crippen molar-refractivity contribution in [1.82, 2.24) is 5.32 Å². The standard InChI is InChI=1S/C17H27NO/c1-14(16-9-11-17(19-2)12-10-16)18-13-5-8-15-6-3-4-7-15/h9-12,14-15,18H,3-8,13H2,1-2H3. The third kappa shape index (κ3) is 4.54. The molecule has 0 spiro atoms. The Bertz CT molecular complexity index is 354. The van der Waals surface area contributed by atoms with Crippen LogP contribution in [0.5, 0.6) is 5.75 Å². The summed E-state index contributed by atoms with van der Waals surface area (Å²) >= 11 is 0. The van der Waals surface area contributed by atoms with Gasteiger partial charge in [0.2, 0.25) is 0 Å². The van der Waals surface area contributed by atoms with Gasteiger partial charge in [-0.1, -0.05) is 37.8 Å². The van der Waals surface area contributed by atoms with Gasteiger partial charge < -0.3 is 10.1 Å². The van der Waals surface area contributed by atoms with E-state index < -0.39 is 0 Å². The summed E-state index contributed by atoms with van der Waals surface area (Å²) in [6, 6.07) is 8.79. The Balaban J connectivity index is 1.66. The fourth-order valence-electron chi connectivity index (χ4n) is 3.02. The highest BCUT2D eigenvalue weighted by Gasteiger charge is 2.14. The van der Waals surface area contributed by atoms with Crippen LogP contribution in [0.2, 0.25) is 0 Å². The van der Waals surface area contributed by atoms with E-state index in [2.05, 4.69) is 24.4 Å². The molecule has 1 aliphatic rings. The van der Waals surface area contributed by atoms with Gasteiger partial charge in [-0.25, -0.2) is 0 Å². The molecule has 0 amide bonds. The van der Waals surface area contributed by atoms with Crippen molar-refractivity contribution in [1.29, 1.82) is 0 Å². The Morgan fingerprint density at radius 2 is 1.89 bits per heavy atom. The maximum absolute atomic E-state index is 5.18. The van der Waals surface area contributed by atoms with E-state index in [0.29, 0.717) is 6.04 Å². The molecular formula is C17H27NO. The van der Waals surface area contributed by atoms with E-state index in [1.807, 2.05) is 12.1 Å². The molecule has 2 nitrogen and oxygen atoms in total. The highest BCUT2D eigenvalue weighted by molar-refractivity contribution is 5.28. The Labute approximate surface area is 117 Å². The molecule has 0 bridgehead atoms. The molecular weight excluding hydrogens is 234 g/mol. The summed E-state index contributed by atoms with van der Waals surface area (Å²) in [5, 5.41) is 3.62. The molecule has 106 valence electrons. The summed E-state index contributed by atoms with van der Waals surface area (Å²) in [6.45, 7) is 3.36. The third-order valence-electron chi connectivity index (χ3n) is 4.33. The molecule has 1 N–H and O–H groups in total. The normalized spacial score (nSPS) is 17.6. The van der Waals surface area contributed by atoms with Crippen LogP contribution in [0.3, 0.4) is 0 Å². The average Bonchev–Trinajstić information content (AvgIpc) is 2.96. The van der Waals surface area contributed by atoms with Gasteiger partial charge >= 0.3 is 0 Å². The van der Waals surface area contributed by atoms with Crippen LogP contribution in [-0.2, 0) is 0 Å². The van der Waals surface area contributed by atoms with Crippen LogP contribution in [0.25, 0.3) is 0 Å². The molecule has 1 saturated carbocycles. The van der Waals surface area contributed by atoms with Crippen LogP contribution < -0.4 is 10.1 Å². The van der Waals surface area contributed by atoms with Crippen molar-refractivity contribution in [2.24, 2.45) is 5.92 Å². The van der Waals surface area contributed by atoms with Gasteiger partial charge in [-0.2, -0.15) is 0 Å². The van der Waals surface area contributed by atoms with Gasteiger partial charge in [-0.3, -0.25) is 0 Å². The Hall–Kier alpha value is -1.02. The highest BCUT2D eigenvalue weighted by atomic mass is 16.5. The van der Waals surface area contributed by atoms with Gasteiger partial charge in [0.05, 0.1) is 7.11 Å². The van der Waals surface area contributed by atoms with Crippen LogP contribution in [0.1, 0.15) is 57.1 Å². The highest BCUT2D eigenvalue weighted by Crippen LogP contribution is 2.28. The molecule has 1 unspecified atom stereocenters. The summed E-state index contributed by atoms with van der Waals surface area (Å²) < 4.78 is 5.18. The molecule has 19 heavy (non-hydrogen) atoms. The van der Waals surface area contributed by atoms with Crippen molar-refractivity contribution >= 4 is 0 Å². The van der Waals surface area contributed by atoms with Crippen molar-refractivity contribution in [3.63, 3.8) is 0 Å². The molecule has 1 aromatic rings. The van der Waals surface area contributed by atoms with E-state index in [4.69, 9.17) is 4.74 Å². The molecule has 1 atom stereocenters. The summed E-state index contributed by atoms with van der Waals surface area (Å²) in [7, 11) is 1.71. The van der Waals surface area contributed by atoms with E-state index >= 15 is 0 Å². The molecule has 2 heteroatoms. The monoisotopic (exact) mass is 261 g/mol. The largest absolute Gasteiger partial charge is 0.497 e. The third-order valence-corrected chi connectivity index (χ3v) is 4.33. The minimum absolute atomic E-state index is 0.425. The lowest BCUT2D eigenvalue weighted by atomic mass is 10.0. The van der Waals surface area contributed by atoms with Crippen molar-refractivity contribution in [2.75, 3.05) is 13.7 Å². The van der Waals surface area contributed by atoms with Crippen molar-refractivity contribution in [2.45, 2.75) is 51.5 Å². The summed E-state index contributed by atoms with van der Waals surface area (Å²) in [5.74, 6) is 1.94. The number of rotatable bonds is 7.